The fraction of sp³-hybridized carbons (Fsp3) is 0.500. The molecule has 2 aliphatic rings. The molecule has 1 aliphatic heterocycles. The molecule has 5 nitrogen and oxygen atoms in total. The summed E-state index contributed by atoms with van der Waals surface area (Å²) in [6, 6.07) is 3.08. The Morgan fingerprint density at radius 1 is 1.09 bits per heavy atom. The summed E-state index contributed by atoms with van der Waals surface area (Å²) in [5, 5.41) is 0.404. The van der Waals surface area contributed by atoms with Crippen LogP contribution in [0.3, 0.4) is 0 Å². The molecular weight excluding hydrogens is 338 g/mol. The second-order valence-corrected chi connectivity index (χ2v) is 8.03. The van der Waals surface area contributed by atoms with E-state index in [4.69, 9.17) is 21.1 Å². The average Bonchev–Trinajstić information content (AvgIpc) is 2.57. The van der Waals surface area contributed by atoms with Gasteiger partial charge in [-0.25, -0.2) is 8.42 Å². The minimum Gasteiger partial charge on any atom is -0.493 e. The van der Waals surface area contributed by atoms with E-state index >= 15 is 0 Å². The molecule has 0 spiro atoms. The van der Waals surface area contributed by atoms with Gasteiger partial charge in [-0.05, 0) is 18.9 Å². The van der Waals surface area contributed by atoms with E-state index in [0.717, 1.165) is 32.1 Å². The molecule has 23 heavy (non-hydrogen) atoms. The molecule has 0 bridgehead atoms. The van der Waals surface area contributed by atoms with Crippen molar-refractivity contribution in [1.29, 1.82) is 0 Å². The first-order chi connectivity index (χ1) is 11.0. The van der Waals surface area contributed by atoms with Gasteiger partial charge in [-0.3, -0.25) is 4.31 Å². The summed E-state index contributed by atoms with van der Waals surface area (Å²) in [4.78, 5) is 0.174. The van der Waals surface area contributed by atoms with Crippen LogP contribution in [0.1, 0.15) is 37.7 Å². The highest BCUT2D eigenvalue weighted by atomic mass is 35.5. The van der Waals surface area contributed by atoms with Crippen LogP contribution in [0, 0.1) is 0 Å². The van der Waals surface area contributed by atoms with E-state index < -0.39 is 10.0 Å². The van der Waals surface area contributed by atoms with Gasteiger partial charge in [-0.2, -0.15) is 0 Å². The number of fused-ring (bicyclic) bond motifs is 1. The van der Waals surface area contributed by atoms with Crippen molar-refractivity contribution in [2.24, 2.45) is 0 Å². The molecule has 1 aromatic carbocycles. The number of rotatable bonds is 3. The number of benzene rings is 1. The summed E-state index contributed by atoms with van der Waals surface area (Å²) in [6.45, 7) is 0. The van der Waals surface area contributed by atoms with Crippen LogP contribution >= 0.6 is 11.6 Å². The smallest absolute Gasteiger partial charge is 0.264 e. The fourth-order valence-electron chi connectivity index (χ4n) is 3.26. The largest absolute Gasteiger partial charge is 0.493 e. The molecule has 0 radical (unpaired) electrons. The third kappa shape index (κ3) is 2.78. The lowest BCUT2D eigenvalue weighted by Crippen LogP contribution is -2.39. The molecule has 0 atom stereocenters. The number of ether oxygens (including phenoxy) is 2. The topological polar surface area (TPSA) is 55.8 Å². The van der Waals surface area contributed by atoms with Crippen molar-refractivity contribution in [2.45, 2.75) is 43.0 Å². The number of halogens is 1. The Kier molecular flexibility index (Phi) is 4.47. The quantitative estimate of drug-likeness (QED) is 0.829. The van der Waals surface area contributed by atoms with Gasteiger partial charge in [0.05, 0.1) is 19.3 Å². The molecule has 1 fully saturated rings. The van der Waals surface area contributed by atoms with E-state index in [1.807, 2.05) is 0 Å². The molecule has 3 rings (SSSR count). The molecule has 0 amide bonds. The molecule has 0 aromatic heterocycles. The lowest BCUT2D eigenvalue weighted by molar-refractivity contribution is 0.305. The summed E-state index contributed by atoms with van der Waals surface area (Å²) in [7, 11) is -0.646. The van der Waals surface area contributed by atoms with Crippen molar-refractivity contribution in [3.05, 3.63) is 23.9 Å². The lowest BCUT2D eigenvalue weighted by Gasteiger charge is -2.35. The van der Waals surface area contributed by atoms with Crippen LogP contribution in [0.25, 0.3) is 5.03 Å². The van der Waals surface area contributed by atoms with Gasteiger partial charge in [0.1, 0.15) is 4.90 Å². The van der Waals surface area contributed by atoms with Crippen molar-refractivity contribution >= 4 is 26.7 Å². The lowest BCUT2D eigenvalue weighted by atomic mass is 9.95. The highest BCUT2D eigenvalue weighted by Crippen LogP contribution is 2.43. The Bertz CT molecular complexity index is 739. The maximum Gasteiger partial charge on any atom is 0.264 e. The summed E-state index contributed by atoms with van der Waals surface area (Å²) in [6.07, 6.45) is 6.51. The summed E-state index contributed by atoms with van der Waals surface area (Å²) >= 11 is 6.37. The van der Waals surface area contributed by atoms with Crippen molar-refractivity contribution in [3.8, 4) is 11.5 Å². The van der Waals surface area contributed by atoms with Gasteiger partial charge in [0.25, 0.3) is 10.0 Å². The van der Waals surface area contributed by atoms with Gasteiger partial charge in [-0.1, -0.05) is 30.9 Å². The van der Waals surface area contributed by atoms with Crippen molar-refractivity contribution in [3.63, 3.8) is 0 Å². The highest BCUT2D eigenvalue weighted by Gasteiger charge is 2.36. The summed E-state index contributed by atoms with van der Waals surface area (Å²) in [5.41, 5.74) is 0.455. The van der Waals surface area contributed by atoms with E-state index in [2.05, 4.69) is 0 Å². The van der Waals surface area contributed by atoms with Crippen LogP contribution < -0.4 is 9.47 Å². The van der Waals surface area contributed by atoms with Gasteiger partial charge in [-0.15, -0.1) is 0 Å². The Hall–Kier alpha value is -1.40. The maximum atomic E-state index is 13.0. The first-order valence-corrected chi connectivity index (χ1v) is 9.48. The monoisotopic (exact) mass is 357 g/mol. The first-order valence-electron chi connectivity index (χ1n) is 7.66. The maximum absolute atomic E-state index is 13.0. The fourth-order valence-corrected chi connectivity index (χ4v) is 5.41. The van der Waals surface area contributed by atoms with Gasteiger partial charge >= 0.3 is 0 Å². The van der Waals surface area contributed by atoms with Crippen molar-refractivity contribution in [2.75, 3.05) is 14.2 Å². The third-order valence-corrected chi connectivity index (χ3v) is 6.63. The van der Waals surface area contributed by atoms with Crippen LogP contribution in [-0.4, -0.2) is 33.0 Å². The van der Waals surface area contributed by atoms with Crippen molar-refractivity contribution < 1.29 is 17.9 Å². The van der Waals surface area contributed by atoms with E-state index in [0.29, 0.717) is 22.1 Å². The van der Waals surface area contributed by atoms with Gasteiger partial charge in [0.15, 0.2) is 11.5 Å². The molecule has 7 heteroatoms. The number of nitrogens with zero attached hydrogens (tertiary/aromatic N) is 1. The highest BCUT2D eigenvalue weighted by molar-refractivity contribution is 7.89. The molecule has 0 N–H and O–H groups in total. The van der Waals surface area contributed by atoms with E-state index in [-0.39, 0.29) is 10.9 Å². The molecule has 1 heterocycles. The van der Waals surface area contributed by atoms with Gasteiger partial charge in [0.2, 0.25) is 0 Å². The van der Waals surface area contributed by atoms with Crippen molar-refractivity contribution in [1.82, 2.24) is 4.31 Å². The summed E-state index contributed by atoms with van der Waals surface area (Å²) < 4.78 is 38.0. The van der Waals surface area contributed by atoms with E-state index in [1.54, 1.807) is 12.3 Å². The van der Waals surface area contributed by atoms with Crippen LogP contribution in [0.2, 0.25) is 0 Å². The zero-order chi connectivity index (χ0) is 16.6. The van der Waals surface area contributed by atoms with Crippen LogP contribution in [0.4, 0.5) is 0 Å². The predicted octanol–water partition coefficient (Wildman–Crippen LogP) is 3.58. The van der Waals surface area contributed by atoms with Crippen LogP contribution in [0.5, 0.6) is 11.5 Å². The molecule has 0 unspecified atom stereocenters. The number of sulfonamides is 1. The minimum atomic E-state index is -3.64. The first kappa shape index (κ1) is 16.5. The van der Waals surface area contributed by atoms with Crippen LogP contribution in [0.15, 0.2) is 23.2 Å². The molecule has 1 saturated carbocycles. The zero-order valence-electron chi connectivity index (χ0n) is 13.2. The van der Waals surface area contributed by atoms with Gasteiger partial charge in [0, 0.05) is 23.9 Å². The Morgan fingerprint density at radius 3 is 2.30 bits per heavy atom. The molecule has 126 valence electrons. The Balaban J connectivity index is 2.12. The van der Waals surface area contributed by atoms with Gasteiger partial charge < -0.3 is 9.47 Å². The molecule has 1 aliphatic carbocycles. The zero-order valence-corrected chi connectivity index (χ0v) is 14.8. The number of methoxy groups -OCH3 is 2. The Labute approximate surface area is 141 Å². The third-order valence-electron chi connectivity index (χ3n) is 4.47. The summed E-state index contributed by atoms with van der Waals surface area (Å²) in [5.74, 6) is 0.837. The van der Waals surface area contributed by atoms with E-state index in [1.165, 1.54) is 24.6 Å². The predicted molar refractivity (Wildman–Crippen MR) is 89.3 cm³/mol. The average molecular weight is 358 g/mol. The number of hydrogen-bond acceptors (Lipinski definition) is 4. The standard InChI is InChI=1S/C16H20ClNO4S/c1-21-14-8-12-13(17)10-18(11-6-4-3-5-7-11)23(19,20)16(12)9-15(14)22-2/h8-11H,3-7H2,1-2H3. The SMILES string of the molecule is COc1cc2c(cc1OC)S(=O)(=O)N(C1CCCCC1)C=C2Cl. The molecular formula is C16H20ClNO4S. The molecule has 0 saturated heterocycles. The van der Waals surface area contributed by atoms with E-state index in [9.17, 15) is 8.42 Å². The normalized spacial score (nSPS) is 20.7. The van der Waals surface area contributed by atoms with Crippen LogP contribution in [-0.2, 0) is 10.0 Å². The molecule has 1 aromatic rings. The number of hydrogen-bond donors (Lipinski definition) is 0. The Morgan fingerprint density at radius 2 is 1.70 bits per heavy atom. The minimum absolute atomic E-state index is 0.0243. The second-order valence-electron chi connectivity index (χ2n) is 5.81. The second kappa shape index (κ2) is 6.24.